The van der Waals surface area contributed by atoms with Crippen LogP contribution in [0.4, 0.5) is 0 Å². The quantitative estimate of drug-likeness (QED) is 0.888. The number of carbonyl (C=O) groups excluding carboxylic acids is 1. The van der Waals surface area contributed by atoms with E-state index in [0.717, 1.165) is 17.7 Å². The molecule has 0 unspecified atom stereocenters. The first kappa shape index (κ1) is 17.5. The van der Waals surface area contributed by atoms with Gasteiger partial charge in [-0.25, -0.2) is 0 Å². The number of nitrogens with zero attached hydrogens (tertiary/aromatic N) is 3. The Morgan fingerprint density at radius 3 is 2.74 bits per heavy atom. The molecular formula is C20H21N3O4. The van der Waals surface area contributed by atoms with Gasteiger partial charge in [0.2, 0.25) is 5.91 Å². The topological polar surface area (TPSA) is 92.5 Å². The smallest absolute Gasteiger partial charge is 0.303 e. The molecule has 27 heavy (non-hydrogen) atoms. The molecule has 1 saturated heterocycles. The molecule has 0 spiro atoms. The number of hydrogen-bond acceptors (Lipinski definition) is 4. The van der Waals surface area contributed by atoms with E-state index in [9.17, 15) is 14.4 Å². The van der Waals surface area contributed by atoms with Crippen LogP contribution >= 0.6 is 0 Å². The fraction of sp³-hybridized carbons (Fsp3) is 0.400. The average Bonchev–Trinajstić information content (AvgIpc) is 2.67. The van der Waals surface area contributed by atoms with Gasteiger partial charge in [-0.15, -0.1) is 0 Å². The van der Waals surface area contributed by atoms with Gasteiger partial charge in [0.15, 0.2) is 0 Å². The van der Waals surface area contributed by atoms with E-state index in [0.29, 0.717) is 25.2 Å². The molecule has 2 bridgehead atoms. The first-order valence-corrected chi connectivity index (χ1v) is 9.16. The molecule has 0 radical (unpaired) electrons. The number of piperidine rings is 1. The number of carboxylic acid groups (broad SMARTS) is 1. The van der Waals surface area contributed by atoms with E-state index in [1.165, 1.54) is 0 Å². The van der Waals surface area contributed by atoms with Crippen LogP contribution in [-0.2, 0) is 16.1 Å². The van der Waals surface area contributed by atoms with Gasteiger partial charge in [-0.1, -0.05) is 6.07 Å². The van der Waals surface area contributed by atoms with E-state index < -0.39 is 5.97 Å². The zero-order valence-electron chi connectivity index (χ0n) is 14.9. The van der Waals surface area contributed by atoms with Crippen molar-refractivity contribution < 1.29 is 14.7 Å². The molecule has 2 aromatic rings. The summed E-state index contributed by atoms with van der Waals surface area (Å²) in [5.74, 6) is -0.746. The number of fused-ring (bicyclic) bond motifs is 4. The van der Waals surface area contributed by atoms with Crippen LogP contribution in [-0.4, -0.2) is 44.5 Å². The second-order valence-electron chi connectivity index (χ2n) is 7.32. The lowest BCUT2D eigenvalue weighted by molar-refractivity contribution is -0.141. The lowest BCUT2D eigenvalue weighted by atomic mass is 9.82. The van der Waals surface area contributed by atoms with E-state index in [4.69, 9.17) is 5.11 Å². The molecule has 0 aromatic carbocycles. The molecule has 4 heterocycles. The Balaban J connectivity index is 1.60. The maximum atomic E-state index is 13.0. The maximum Gasteiger partial charge on any atom is 0.303 e. The summed E-state index contributed by atoms with van der Waals surface area (Å²) in [6.45, 7) is 1.71. The highest BCUT2D eigenvalue weighted by atomic mass is 16.4. The number of aromatic nitrogens is 2. The van der Waals surface area contributed by atoms with Crippen LogP contribution in [0.5, 0.6) is 0 Å². The van der Waals surface area contributed by atoms with E-state index >= 15 is 0 Å². The molecule has 2 aliphatic heterocycles. The third-order valence-corrected chi connectivity index (χ3v) is 5.48. The fourth-order valence-electron chi connectivity index (χ4n) is 4.26. The van der Waals surface area contributed by atoms with Crippen LogP contribution < -0.4 is 5.56 Å². The van der Waals surface area contributed by atoms with Crippen molar-refractivity contribution in [2.75, 3.05) is 13.1 Å². The van der Waals surface area contributed by atoms with Gasteiger partial charge in [-0.3, -0.25) is 19.4 Å². The van der Waals surface area contributed by atoms with Gasteiger partial charge >= 0.3 is 5.97 Å². The minimum absolute atomic E-state index is 0.0131. The normalized spacial score (nSPS) is 20.8. The van der Waals surface area contributed by atoms with Crippen molar-refractivity contribution in [1.82, 2.24) is 14.5 Å². The van der Waals surface area contributed by atoms with Crippen LogP contribution in [0.3, 0.4) is 0 Å². The molecule has 4 rings (SSSR count). The average molecular weight is 367 g/mol. The summed E-state index contributed by atoms with van der Waals surface area (Å²) in [4.78, 5) is 42.0. The highest BCUT2D eigenvalue weighted by Gasteiger charge is 2.36. The van der Waals surface area contributed by atoms with Crippen molar-refractivity contribution in [3.8, 4) is 11.1 Å². The van der Waals surface area contributed by atoms with Gasteiger partial charge in [-0.2, -0.15) is 0 Å². The molecule has 2 aromatic heterocycles. The number of pyridine rings is 2. The van der Waals surface area contributed by atoms with E-state index in [1.54, 1.807) is 17.3 Å². The third kappa shape index (κ3) is 3.37. The van der Waals surface area contributed by atoms with Crippen LogP contribution in [0, 0.1) is 5.92 Å². The Bertz CT molecular complexity index is 938. The number of hydrogen-bond donors (Lipinski definition) is 1. The van der Waals surface area contributed by atoms with Crippen LogP contribution in [0.15, 0.2) is 41.5 Å². The van der Waals surface area contributed by atoms with E-state index in [1.807, 2.05) is 28.8 Å². The summed E-state index contributed by atoms with van der Waals surface area (Å²) in [5.41, 5.74) is 2.39. The van der Waals surface area contributed by atoms with Gasteiger partial charge in [0.25, 0.3) is 5.56 Å². The summed E-state index contributed by atoms with van der Waals surface area (Å²) < 4.78 is 1.85. The minimum Gasteiger partial charge on any atom is -0.481 e. The Labute approximate surface area is 156 Å². The van der Waals surface area contributed by atoms with Gasteiger partial charge in [-0.05, 0) is 30.5 Å². The molecule has 7 nitrogen and oxygen atoms in total. The van der Waals surface area contributed by atoms with Crippen molar-refractivity contribution >= 4 is 11.9 Å². The molecule has 0 aliphatic carbocycles. The van der Waals surface area contributed by atoms with Crippen molar-refractivity contribution in [2.24, 2.45) is 5.92 Å². The monoisotopic (exact) mass is 367 g/mol. The lowest BCUT2D eigenvalue weighted by Gasteiger charge is -2.43. The van der Waals surface area contributed by atoms with Crippen LogP contribution in [0.25, 0.3) is 11.1 Å². The van der Waals surface area contributed by atoms with Gasteiger partial charge in [0.1, 0.15) is 0 Å². The third-order valence-electron chi connectivity index (χ3n) is 5.48. The predicted octanol–water partition coefficient (Wildman–Crippen LogP) is 1.72. The lowest BCUT2D eigenvalue weighted by Crippen LogP contribution is -2.49. The number of rotatable bonds is 4. The summed E-state index contributed by atoms with van der Waals surface area (Å²) in [6.07, 6.45) is 4.21. The molecule has 7 heteroatoms. The standard InChI is InChI=1S/C20H21N3O4/c24-18(5-6-19(25)26)22-10-13-8-15(12-22)17-4-3-16(20(27)23(17)11-13)14-2-1-7-21-9-14/h1-4,7,9,13,15H,5-6,8,10-12H2,(H,25,26)/t13-,15+/m0/s1. The SMILES string of the molecule is O=C(O)CCC(=O)N1C[C@@H]2C[C@H](C1)c1ccc(-c3cccnc3)c(=O)n1C2. The van der Waals surface area contributed by atoms with E-state index in [-0.39, 0.29) is 36.1 Å². The largest absolute Gasteiger partial charge is 0.481 e. The predicted molar refractivity (Wildman–Crippen MR) is 98.2 cm³/mol. The number of carbonyl (C=O) groups is 2. The molecule has 1 fully saturated rings. The number of likely N-dealkylation sites (tertiary alicyclic amines) is 1. The van der Waals surface area contributed by atoms with Gasteiger partial charge in [0, 0.05) is 61.2 Å². The first-order chi connectivity index (χ1) is 13.0. The molecule has 2 aliphatic rings. The molecule has 2 atom stereocenters. The van der Waals surface area contributed by atoms with Gasteiger partial charge in [0.05, 0.1) is 6.42 Å². The fourth-order valence-corrected chi connectivity index (χ4v) is 4.26. The highest BCUT2D eigenvalue weighted by molar-refractivity contribution is 5.81. The summed E-state index contributed by atoms with van der Waals surface area (Å²) in [6, 6.07) is 7.52. The number of carboxylic acids is 1. The molecule has 140 valence electrons. The summed E-state index contributed by atoms with van der Waals surface area (Å²) in [7, 11) is 0. The Morgan fingerprint density at radius 1 is 1.15 bits per heavy atom. The summed E-state index contributed by atoms with van der Waals surface area (Å²) in [5, 5.41) is 8.79. The maximum absolute atomic E-state index is 13.0. The molecule has 1 N–H and O–H groups in total. The first-order valence-electron chi connectivity index (χ1n) is 9.16. The number of aliphatic carboxylic acids is 1. The minimum atomic E-state index is -0.958. The van der Waals surface area contributed by atoms with Crippen LogP contribution in [0.2, 0.25) is 0 Å². The molecular weight excluding hydrogens is 346 g/mol. The Kier molecular flexibility index (Phi) is 4.51. The molecule has 0 saturated carbocycles. The van der Waals surface area contributed by atoms with Crippen molar-refractivity contribution in [3.63, 3.8) is 0 Å². The zero-order valence-corrected chi connectivity index (χ0v) is 14.9. The summed E-state index contributed by atoms with van der Waals surface area (Å²) >= 11 is 0. The van der Waals surface area contributed by atoms with Crippen molar-refractivity contribution in [3.05, 3.63) is 52.7 Å². The van der Waals surface area contributed by atoms with E-state index in [2.05, 4.69) is 4.98 Å². The second kappa shape index (κ2) is 6.98. The van der Waals surface area contributed by atoms with Crippen molar-refractivity contribution in [1.29, 1.82) is 0 Å². The zero-order chi connectivity index (χ0) is 19.0. The highest BCUT2D eigenvalue weighted by Crippen LogP contribution is 2.36. The Morgan fingerprint density at radius 2 is 2.00 bits per heavy atom. The second-order valence-corrected chi connectivity index (χ2v) is 7.32. The Hall–Kier alpha value is -2.96. The number of amides is 1. The van der Waals surface area contributed by atoms with Crippen molar-refractivity contribution in [2.45, 2.75) is 31.7 Å². The van der Waals surface area contributed by atoms with Gasteiger partial charge < -0.3 is 14.6 Å². The van der Waals surface area contributed by atoms with Crippen LogP contribution in [0.1, 0.15) is 30.9 Å². The molecule has 1 amide bonds.